The number of anilines is 1. The highest BCUT2D eigenvalue weighted by atomic mass is 35.5. The average molecular weight is 284 g/mol. The van der Waals surface area contributed by atoms with Crippen molar-refractivity contribution in [2.24, 2.45) is 0 Å². The highest BCUT2D eigenvalue weighted by Crippen LogP contribution is 2.40. The van der Waals surface area contributed by atoms with E-state index in [1.165, 1.54) is 12.8 Å². The molecule has 5 nitrogen and oxygen atoms in total. The Bertz CT molecular complexity index is 511. The molecule has 1 aliphatic carbocycles. The quantitative estimate of drug-likeness (QED) is 0.874. The monoisotopic (exact) mass is 283 g/mol. The van der Waals surface area contributed by atoms with E-state index in [2.05, 4.69) is 15.5 Å². The van der Waals surface area contributed by atoms with Gasteiger partial charge in [-0.15, -0.1) is 0 Å². The Balaban J connectivity index is 1.72. The summed E-state index contributed by atoms with van der Waals surface area (Å²) in [7, 11) is 0. The molecule has 2 fully saturated rings. The number of ether oxygens (including phenoxy) is 1. The standard InChI is InChI=1S/C13H18ClN3O2/c14-11-10(8-15-17-12(11)18)16-9-3-6-19-13(7-9)4-1-2-5-13/h8-9H,1-7H2,(H2,16,17,18). The summed E-state index contributed by atoms with van der Waals surface area (Å²) in [4.78, 5) is 11.4. The van der Waals surface area contributed by atoms with E-state index in [1.54, 1.807) is 6.20 Å². The number of nitrogens with one attached hydrogen (secondary N) is 2. The van der Waals surface area contributed by atoms with Crippen LogP contribution < -0.4 is 10.9 Å². The third-order valence-electron chi connectivity index (χ3n) is 4.16. The summed E-state index contributed by atoms with van der Waals surface area (Å²) in [6.45, 7) is 0.770. The third-order valence-corrected chi connectivity index (χ3v) is 4.54. The van der Waals surface area contributed by atoms with Gasteiger partial charge in [0.15, 0.2) is 0 Å². The molecule has 2 N–H and O–H groups in total. The van der Waals surface area contributed by atoms with Gasteiger partial charge in [0.1, 0.15) is 5.02 Å². The maximum absolute atomic E-state index is 11.4. The van der Waals surface area contributed by atoms with E-state index in [1.807, 2.05) is 0 Å². The summed E-state index contributed by atoms with van der Waals surface area (Å²) in [5.74, 6) is 0. The first kappa shape index (κ1) is 12.9. The first-order valence-corrected chi connectivity index (χ1v) is 7.20. The summed E-state index contributed by atoms with van der Waals surface area (Å²) in [5, 5.41) is 9.64. The van der Waals surface area contributed by atoms with Crippen LogP contribution in [0.1, 0.15) is 38.5 Å². The summed E-state index contributed by atoms with van der Waals surface area (Å²) in [5.41, 5.74) is 0.316. The van der Waals surface area contributed by atoms with Crippen LogP contribution in [0.25, 0.3) is 0 Å². The molecule has 0 radical (unpaired) electrons. The Kier molecular flexibility index (Phi) is 3.50. The molecule has 6 heteroatoms. The normalized spacial score (nSPS) is 25.6. The van der Waals surface area contributed by atoms with Crippen LogP contribution in [0.2, 0.25) is 5.02 Å². The molecule has 1 spiro atoms. The minimum absolute atomic E-state index is 0.0526. The number of aromatic amines is 1. The molecule has 0 amide bonds. The zero-order valence-corrected chi connectivity index (χ0v) is 11.5. The minimum Gasteiger partial charge on any atom is -0.379 e. The third kappa shape index (κ3) is 2.62. The fourth-order valence-electron chi connectivity index (χ4n) is 3.22. The topological polar surface area (TPSA) is 67.0 Å². The lowest BCUT2D eigenvalue weighted by atomic mass is 9.89. The van der Waals surface area contributed by atoms with Gasteiger partial charge in [-0.25, -0.2) is 5.10 Å². The van der Waals surface area contributed by atoms with Crippen LogP contribution in [0, 0.1) is 0 Å². The van der Waals surface area contributed by atoms with Gasteiger partial charge in [-0.05, 0) is 25.7 Å². The van der Waals surface area contributed by atoms with Crippen molar-refractivity contribution in [2.75, 3.05) is 11.9 Å². The molecule has 2 heterocycles. The van der Waals surface area contributed by atoms with E-state index in [0.717, 1.165) is 32.3 Å². The van der Waals surface area contributed by atoms with E-state index >= 15 is 0 Å². The van der Waals surface area contributed by atoms with Crippen molar-refractivity contribution in [1.29, 1.82) is 0 Å². The zero-order chi connectivity index (χ0) is 13.3. The van der Waals surface area contributed by atoms with Crippen LogP contribution >= 0.6 is 11.6 Å². The van der Waals surface area contributed by atoms with Gasteiger partial charge >= 0.3 is 0 Å². The second-order valence-corrected chi connectivity index (χ2v) is 5.88. The number of hydrogen-bond acceptors (Lipinski definition) is 4. The van der Waals surface area contributed by atoms with E-state index in [-0.39, 0.29) is 16.2 Å². The smallest absolute Gasteiger partial charge is 0.285 e. The predicted molar refractivity (Wildman–Crippen MR) is 73.7 cm³/mol. The van der Waals surface area contributed by atoms with Crippen molar-refractivity contribution in [2.45, 2.75) is 50.2 Å². The van der Waals surface area contributed by atoms with Crippen LogP contribution in [0.3, 0.4) is 0 Å². The van der Waals surface area contributed by atoms with Crippen molar-refractivity contribution in [1.82, 2.24) is 10.2 Å². The summed E-state index contributed by atoms with van der Waals surface area (Å²) in [6.07, 6.45) is 8.28. The van der Waals surface area contributed by atoms with Crippen molar-refractivity contribution >= 4 is 17.3 Å². The maximum atomic E-state index is 11.4. The Morgan fingerprint density at radius 3 is 3.05 bits per heavy atom. The van der Waals surface area contributed by atoms with Gasteiger partial charge in [0.2, 0.25) is 0 Å². The fourth-order valence-corrected chi connectivity index (χ4v) is 3.37. The zero-order valence-electron chi connectivity index (χ0n) is 10.7. The molecular formula is C13H18ClN3O2. The van der Waals surface area contributed by atoms with Crippen LogP contribution in [0.5, 0.6) is 0 Å². The van der Waals surface area contributed by atoms with Crippen molar-refractivity contribution in [3.63, 3.8) is 0 Å². The molecule has 1 saturated carbocycles. The SMILES string of the molecule is O=c1[nH]ncc(NC2CCOC3(CCCC3)C2)c1Cl. The lowest BCUT2D eigenvalue weighted by molar-refractivity contribution is -0.0767. The molecule has 1 atom stereocenters. The number of rotatable bonds is 2. The second kappa shape index (κ2) is 5.13. The van der Waals surface area contributed by atoms with E-state index < -0.39 is 0 Å². The lowest BCUT2D eigenvalue weighted by Crippen LogP contribution is -2.42. The number of nitrogens with zero attached hydrogens (tertiary/aromatic N) is 1. The maximum Gasteiger partial charge on any atom is 0.285 e. The van der Waals surface area contributed by atoms with Gasteiger partial charge in [-0.3, -0.25) is 4.79 Å². The second-order valence-electron chi connectivity index (χ2n) is 5.50. The van der Waals surface area contributed by atoms with Gasteiger partial charge in [0, 0.05) is 12.6 Å². The number of aromatic nitrogens is 2. The summed E-state index contributed by atoms with van der Waals surface area (Å²) >= 11 is 5.99. The van der Waals surface area contributed by atoms with Gasteiger partial charge < -0.3 is 10.1 Å². The number of halogens is 1. The largest absolute Gasteiger partial charge is 0.379 e. The molecule has 0 bridgehead atoms. The van der Waals surface area contributed by atoms with Gasteiger partial charge in [-0.1, -0.05) is 24.4 Å². The molecule has 3 rings (SSSR count). The molecule has 19 heavy (non-hydrogen) atoms. The van der Waals surface area contributed by atoms with Crippen molar-refractivity contribution in [3.05, 3.63) is 21.6 Å². The molecule has 1 unspecified atom stereocenters. The Hall–Kier alpha value is -1.07. The number of H-pyrrole nitrogens is 1. The van der Waals surface area contributed by atoms with Crippen LogP contribution in [-0.4, -0.2) is 28.4 Å². The number of hydrogen-bond donors (Lipinski definition) is 2. The molecule has 1 aromatic rings. The van der Waals surface area contributed by atoms with Gasteiger partial charge in [0.05, 0.1) is 17.5 Å². The predicted octanol–water partition coefficient (Wildman–Crippen LogP) is 2.33. The molecule has 1 saturated heterocycles. The van der Waals surface area contributed by atoms with Crippen molar-refractivity contribution in [3.8, 4) is 0 Å². The first-order valence-electron chi connectivity index (χ1n) is 6.82. The minimum atomic E-state index is -0.352. The molecule has 1 aliphatic heterocycles. The Morgan fingerprint density at radius 1 is 1.47 bits per heavy atom. The van der Waals surface area contributed by atoms with Gasteiger partial charge in [-0.2, -0.15) is 5.10 Å². The molecule has 2 aliphatic rings. The van der Waals surface area contributed by atoms with Gasteiger partial charge in [0.25, 0.3) is 5.56 Å². The molecule has 1 aromatic heterocycles. The highest BCUT2D eigenvalue weighted by Gasteiger charge is 2.39. The molecule has 0 aromatic carbocycles. The van der Waals surface area contributed by atoms with Crippen LogP contribution in [0.4, 0.5) is 5.69 Å². The Morgan fingerprint density at radius 2 is 2.26 bits per heavy atom. The molecular weight excluding hydrogens is 266 g/mol. The summed E-state index contributed by atoms with van der Waals surface area (Å²) in [6, 6.07) is 0.299. The summed E-state index contributed by atoms with van der Waals surface area (Å²) < 4.78 is 5.99. The fraction of sp³-hybridized carbons (Fsp3) is 0.692. The van der Waals surface area contributed by atoms with Crippen molar-refractivity contribution < 1.29 is 4.74 Å². The lowest BCUT2D eigenvalue weighted by Gasteiger charge is -2.38. The highest BCUT2D eigenvalue weighted by molar-refractivity contribution is 6.32. The van der Waals surface area contributed by atoms with Crippen LogP contribution in [0.15, 0.2) is 11.0 Å². The molecule has 104 valence electrons. The van der Waals surface area contributed by atoms with Crippen LogP contribution in [-0.2, 0) is 4.74 Å². The van der Waals surface area contributed by atoms with E-state index in [0.29, 0.717) is 11.7 Å². The Labute approximate surface area is 116 Å². The average Bonchev–Trinajstić information content (AvgIpc) is 2.83. The van der Waals surface area contributed by atoms with E-state index in [9.17, 15) is 4.79 Å². The van der Waals surface area contributed by atoms with E-state index in [4.69, 9.17) is 16.3 Å². The first-order chi connectivity index (χ1) is 9.19.